The van der Waals surface area contributed by atoms with Crippen molar-refractivity contribution in [3.8, 4) is 0 Å². The van der Waals surface area contributed by atoms with E-state index in [2.05, 4.69) is 36.4 Å². The number of carbonyl (C=O) groups is 1. The van der Waals surface area contributed by atoms with Gasteiger partial charge in [0.05, 0.1) is 20.3 Å². The standard InChI is InChI=1S/C21H24N4O2S2/c1-15-9-10-18(11-16(15)2)22-20-23-25(21(28)29-20)14-24(13-19(26)27-3)12-17-7-5-4-6-8-17/h4-11H,12-14H2,1-3H3,(H,22,23). The van der Waals surface area contributed by atoms with Gasteiger partial charge in [-0.05, 0) is 54.9 Å². The molecule has 1 heterocycles. The number of anilines is 2. The highest BCUT2D eigenvalue weighted by Crippen LogP contribution is 2.22. The molecule has 0 aliphatic heterocycles. The minimum absolute atomic E-state index is 0.157. The fourth-order valence-corrected chi connectivity index (χ4v) is 3.84. The van der Waals surface area contributed by atoms with Crippen LogP contribution in [0, 0.1) is 17.8 Å². The summed E-state index contributed by atoms with van der Waals surface area (Å²) in [6.07, 6.45) is 0. The highest BCUT2D eigenvalue weighted by molar-refractivity contribution is 7.73. The molecule has 0 atom stereocenters. The summed E-state index contributed by atoms with van der Waals surface area (Å²) in [5, 5.41) is 8.63. The number of benzene rings is 2. The summed E-state index contributed by atoms with van der Waals surface area (Å²) in [6.45, 7) is 5.31. The van der Waals surface area contributed by atoms with E-state index >= 15 is 0 Å². The molecule has 3 aromatic rings. The van der Waals surface area contributed by atoms with Crippen molar-refractivity contribution in [2.75, 3.05) is 19.0 Å². The summed E-state index contributed by atoms with van der Waals surface area (Å²) < 4.78 is 7.21. The molecule has 1 N–H and O–H groups in total. The van der Waals surface area contributed by atoms with Crippen molar-refractivity contribution in [3.05, 3.63) is 69.2 Å². The molecule has 0 amide bonds. The molecule has 0 aliphatic rings. The Morgan fingerprint density at radius 1 is 1.21 bits per heavy atom. The maximum atomic E-state index is 11.9. The Bertz CT molecular complexity index is 1030. The molecule has 0 bridgehead atoms. The molecule has 0 saturated heterocycles. The van der Waals surface area contributed by atoms with Gasteiger partial charge in [-0.15, -0.1) is 5.10 Å². The van der Waals surface area contributed by atoms with Crippen LogP contribution in [0.4, 0.5) is 10.8 Å². The normalized spacial score (nSPS) is 10.9. The fraction of sp³-hybridized carbons (Fsp3) is 0.286. The molecule has 0 radical (unpaired) electrons. The average Bonchev–Trinajstić information content (AvgIpc) is 3.04. The van der Waals surface area contributed by atoms with Crippen molar-refractivity contribution in [3.63, 3.8) is 0 Å². The summed E-state index contributed by atoms with van der Waals surface area (Å²) in [6, 6.07) is 16.2. The fourth-order valence-electron chi connectivity index (χ4n) is 2.82. The van der Waals surface area contributed by atoms with E-state index in [0.29, 0.717) is 17.2 Å². The lowest BCUT2D eigenvalue weighted by molar-refractivity contribution is -0.142. The summed E-state index contributed by atoms with van der Waals surface area (Å²) in [5.74, 6) is -0.295. The Morgan fingerprint density at radius 2 is 1.97 bits per heavy atom. The van der Waals surface area contributed by atoms with Crippen LogP contribution in [0.3, 0.4) is 0 Å². The molecular formula is C21H24N4O2S2. The minimum Gasteiger partial charge on any atom is -0.468 e. The van der Waals surface area contributed by atoms with E-state index < -0.39 is 0 Å². The molecule has 6 nitrogen and oxygen atoms in total. The Kier molecular flexibility index (Phi) is 7.13. The van der Waals surface area contributed by atoms with Crippen LogP contribution in [-0.4, -0.2) is 34.3 Å². The van der Waals surface area contributed by atoms with Gasteiger partial charge in [-0.25, -0.2) is 4.68 Å². The first-order valence-electron chi connectivity index (χ1n) is 9.20. The number of hydrogen-bond donors (Lipinski definition) is 1. The molecule has 2 aromatic carbocycles. The van der Waals surface area contributed by atoms with Gasteiger partial charge >= 0.3 is 5.97 Å². The van der Waals surface area contributed by atoms with Gasteiger partial charge in [0.15, 0.2) is 3.95 Å². The van der Waals surface area contributed by atoms with E-state index in [1.807, 2.05) is 41.3 Å². The van der Waals surface area contributed by atoms with Crippen LogP contribution in [0.1, 0.15) is 16.7 Å². The van der Waals surface area contributed by atoms with Crippen molar-refractivity contribution < 1.29 is 9.53 Å². The predicted molar refractivity (Wildman–Crippen MR) is 119 cm³/mol. The van der Waals surface area contributed by atoms with Crippen LogP contribution in [0.15, 0.2) is 48.5 Å². The van der Waals surface area contributed by atoms with Crippen molar-refractivity contribution in [2.45, 2.75) is 27.1 Å². The Labute approximate surface area is 179 Å². The topological polar surface area (TPSA) is 59.4 Å². The summed E-state index contributed by atoms with van der Waals surface area (Å²) in [4.78, 5) is 13.8. The largest absolute Gasteiger partial charge is 0.468 e. The number of nitrogens with one attached hydrogen (secondary N) is 1. The van der Waals surface area contributed by atoms with Crippen LogP contribution < -0.4 is 5.32 Å². The molecule has 0 aliphatic carbocycles. The van der Waals surface area contributed by atoms with Gasteiger partial charge < -0.3 is 10.1 Å². The summed E-state index contributed by atoms with van der Waals surface area (Å²) in [7, 11) is 1.39. The number of esters is 1. The van der Waals surface area contributed by atoms with E-state index in [4.69, 9.17) is 17.0 Å². The number of methoxy groups -OCH3 is 1. The third kappa shape index (κ3) is 5.96. The number of rotatable bonds is 8. The lowest BCUT2D eigenvalue weighted by Gasteiger charge is -2.20. The highest BCUT2D eigenvalue weighted by atomic mass is 32.1. The number of carbonyl (C=O) groups excluding carboxylic acids is 1. The van der Waals surface area contributed by atoms with Crippen LogP contribution >= 0.6 is 23.6 Å². The lowest BCUT2D eigenvalue weighted by atomic mass is 10.1. The van der Waals surface area contributed by atoms with Gasteiger partial charge in [-0.2, -0.15) is 0 Å². The molecule has 3 rings (SSSR count). The van der Waals surface area contributed by atoms with Gasteiger partial charge in [0.1, 0.15) is 0 Å². The molecule has 29 heavy (non-hydrogen) atoms. The van der Waals surface area contributed by atoms with E-state index in [9.17, 15) is 4.79 Å². The number of nitrogens with zero attached hydrogens (tertiary/aromatic N) is 3. The Balaban J connectivity index is 1.75. The monoisotopic (exact) mass is 428 g/mol. The van der Waals surface area contributed by atoms with Gasteiger partial charge in [0.2, 0.25) is 5.13 Å². The Hall–Kier alpha value is -2.55. The van der Waals surface area contributed by atoms with Gasteiger partial charge in [-0.3, -0.25) is 9.69 Å². The molecule has 0 spiro atoms. The van der Waals surface area contributed by atoms with E-state index in [1.54, 1.807) is 4.68 Å². The third-order valence-electron chi connectivity index (χ3n) is 4.53. The van der Waals surface area contributed by atoms with Crippen molar-refractivity contribution >= 4 is 40.3 Å². The molecule has 8 heteroatoms. The molecule has 152 valence electrons. The number of ether oxygens (including phenoxy) is 1. The van der Waals surface area contributed by atoms with Crippen molar-refractivity contribution in [1.29, 1.82) is 0 Å². The Morgan fingerprint density at radius 3 is 2.66 bits per heavy atom. The maximum Gasteiger partial charge on any atom is 0.319 e. The molecule has 1 aromatic heterocycles. The van der Waals surface area contributed by atoms with E-state index in [0.717, 1.165) is 16.4 Å². The van der Waals surface area contributed by atoms with Crippen molar-refractivity contribution in [2.24, 2.45) is 0 Å². The zero-order valence-corrected chi connectivity index (χ0v) is 18.3. The maximum absolute atomic E-state index is 11.9. The minimum atomic E-state index is -0.295. The van der Waals surface area contributed by atoms with Gasteiger partial charge in [0, 0.05) is 12.2 Å². The second-order valence-corrected chi connectivity index (χ2v) is 8.41. The van der Waals surface area contributed by atoms with Gasteiger partial charge in [0.25, 0.3) is 0 Å². The zero-order valence-electron chi connectivity index (χ0n) is 16.7. The van der Waals surface area contributed by atoms with Crippen LogP contribution in [-0.2, 0) is 22.7 Å². The number of aromatic nitrogens is 2. The number of hydrogen-bond acceptors (Lipinski definition) is 7. The SMILES string of the molecule is COC(=O)CN(Cc1ccccc1)Cn1nc(Nc2ccc(C)c(C)c2)sc1=S. The number of aryl methyl sites for hydroxylation is 2. The quantitative estimate of drug-likeness (QED) is 0.416. The van der Waals surface area contributed by atoms with E-state index in [1.165, 1.54) is 29.6 Å². The average molecular weight is 429 g/mol. The summed E-state index contributed by atoms with van der Waals surface area (Å²) in [5.41, 5.74) is 4.53. The predicted octanol–water partition coefficient (Wildman–Crippen LogP) is 4.67. The first-order chi connectivity index (χ1) is 13.9. The van der Waals surface area contributed by atoms with Crippen LogP contribution in [0.5, 0.6) is 0 Å². The second kappa shape index (κ2) is 9.78. The van der Waals surface area contributed by atoms with Crippen LogP contribution in [0.2, 0.25) is 0 Å². The highest BCUT2D eigenvalue weighted by Gasteiger charge is 2.14. The molecule has 0 saturated carbocycles. The first-order valence-corrected chi connectivity index (χ1v) is 10.4. The molecule has 0 fully saturated rings. The molecular weight excluding hydrogens is 404 g/mol. The first kappa shape index (κ1) is 21.2. The third-order valence-corrected chi connectivity index (χ3v) is 5.75. The van der Waals surface area contributed by atoms with E-state index in [-0.39, 0.29) is 12.5 Å². The lowest BCUT2D eigenvalue weighted by Crippen LogP contribution is -2.32. The smallest absolute Gasteiger partial charge is 0.319 e. The molecule has 0 unspecified atom stereocenters. The van der Waals surface area contributed by atoms with Crippen LogP contribution in [0.25, 0.3) is 0 Å². The van der Waals surface area contributed by atoms with Crippen molar-refractivity contribution in [1.82, 2.24) is 14.7 Å². The second-order valence-electron chi connectivity index (χ2n) is 6.79. The van der Waals surface area contributed by atoms with Gasteiger partial charge in [-0.1, -0.05) is 47.7 Å². The zero-order chi connectivity index (χ0) is 20.8. The summed E-state index contributed by atoms with van der Waals surface area (Å²) >= 11 is 6.90.